The zero-order valence-corrected chi connectivity index (χ0v) is 11.6. The summed E-state index contributed by atoms with van der Waals surface area (Å²) in [6.07, 6.45) is 0. The Morgan fingerprint density at radius 1 is 1.14 bits per heavy atom. The lowest BCUT2D eigenvalue weighted by molar-refractivity contribution is 0.480. The third kappa shape index (κ3) is 2.71. The van der Waals surface area contributed by atoms with Gasteiger partial charge in [-0.15, -0.1) is 0 Å². The Morgan fingerprint density at radius 3 is 2.71 bits per heavy atom. The molecule has 0 saturated heterocycles. The van der Waals surface area contributed by atoms with Crippen LogP contribution in [0, 0.1) is 12.7 Å². The van der Waals surface area contributed by atoms with Crippen molar-refractivity contribution in [1.29, 1.82) is 0 Å². The van der Waals surface area contributed by atoms with Crippen molar-refractivity contribution < 1.29 is 9.13 Å². The van der Waals surface area contributed by atoms with E-state index in [0.29, 0.717) is 23.6 Å². The molecule has 0 aliphatic rings. The summed E-state index contributed by atoms with van der Waals surface area (Å²) in [5, 5.41) is 0.871. The molecule has 21 heavy (non-hydrogen) atoms. The van der Waals surface area contributed by atoms with Crippen LogP contribution in [0.2, 0.25) is 0 Å². The molecule has 0 fully saturated rings. The molecule has 2 N–H and O–H groups in total. The number of halogens is 1. The highest BCUT2D eigenvalue weighted by Gasteiger charge is 2.08. The van der Waals surface area contributed by atoms with E-state index in [-0.39, 0.29) is 5.82 Å². The summed E-state index contributed by atoms with van der Waals surface area (Å²) in [5.74, 6) is 0.798. The van der Waals surface area contributed by atoms with Crippen molar-refractivity contribution in [3.63, 3.8) is 0 Å². The van der Waals surface area contributed by atoms with Gasteiger partial charge in [0, 0.05) is 24.1 Å². The van der Waals surface area contributed by atoms with Crippen molar-refractivity contribution in [2.75, 3.05) is 0 Å². The van der Waals surface area contributed by atoms with Crippen LogP contribution in [-0.2, 0) is 6.54 Å². The van der Waals surface area contributed by atoms with E-state index >= 15 is 0 Å². The van der Waals surface area contributed by atoms with Crippen LogP contribution in [0.25, 0.3) is 10.9 Å². The third-order valence-electron chi connectivity index (χ3n) is 3.31. The Kier molecular flexibility index (Phi) is 3.54. The Bertz CT molecular complexity index is 802. The number of aryl methyl sites for hydroxylation is 1. The van der Waals surface area contributed by atoms with Crippen LogP contribution in [0.5, 0.6) is 11.5 Å². The van der Waals surface area contributed by atoms with Gasteiger partial charge in [-0.1, -0.05) is 18.2 Å². The normalized spacial score (nSPS) is 10.8. The minimum Gasteiger partial charge on any atom is -0.456 e. The van der Waals surface area contributed by atoms with E-state index in [2.05, 4.69) is 4.98 Å². The summed E-state index contributed by atoms with van der Waals surface area (Å²) in [5.41, 5.74) is 7.80. The van der Waals surface area contributed by atoms with Gasteiger partial charge < -0.3 is 10.5 Å². The number of hydrogen-bond acceptors (Lipinski definition) is 3. The second kappa shape index (κ2) is 5.50. The monoisotopic (exact) mass is 282 g/mol. The topological polar surface area (TPSA) is 48.1 Å². The highest BCUT2D eigenvalue weighted by Crippen LogP contribution is 2.30. The second-order valence-electron chi connectivity index (χ2n) is 4.85. The van der Waals surface area contributed by atoms with E-state index in [9.17, 15) is 4.39 Å². The van der Waals surface area contributed by atoms with Crippen molar-refractivity contribution in [2.45, 2.75) is 13.5 Å². The van der Waals surface area contributed by atoms with Gasteiger partial charge in [-0.25, -0.2) is 4.39 Å². The van der Waals surface area contributed by atoms with Gasteiger partial charge in [-0.05, 0) is 30.7 Å². The van der Waals surface area contributed by atoms with Gasteiger partial charge in [-0.3, -0.25) is 4.98 Å². The lowest BCUT2D eigenvalue weighted by atomic mass is 10.1. The first kappa shape index (κ1) is 13.5. The number of rotatable bonds is 3. The first-order chi connectivity index (χ1) is 10.2. The molecule has 0 amide bonds. The van der Waals surface area contributed by atoms with Gasteiger partial charge in [0.2, 0.25) is 0 Å². The van der Waals surface area contributed by atoms with E-state index in [1.165, 1.54) is 6.07 Å². The molecule has 0 bridgehead atoms. The number of hydrogen-bond donors (Lipinski definition) is 1. The number of fused-ring (bicyclic) bond motifs is 1. The molecule has 0 radical (unpaired) electrons. The summed E-state index contributed by atoms with van der Waals surface area (Å²) in [6.45, 7) is 2.04. The van der Waals surface area contributed by atoms with E-state index in [0.717, 1.165) is 16.6 Å². The first-order valence-corrected chi connectivity index (χ1v) is 6.70. The number of nitrogens with two attached hydrogens (primary N) is 1. The summed E-state index contributed by atoms with van der Waals surface area (Å²) in [7, 11) is 0. The lowest BCUT2D eigenvalue weighted by Crippen LogP contribution is -2.00. The summed E-state index contributed by atoms with van der Waals surface area (Å²) >= 11 is 0. The Labute approximate surface area is 122 Å². The summed E-state index contributed by atoms with van der Waals surface area (Å²) in [6, 6.07) is 14.2. The maximum Gasteiger partial charge on any atom is 0.138 e. The van der Waals surface area contributed by atoms with Gasteiger partial charge in [0.25, 0.3) is 0 Å². The largest absolute Gasteiger partial charge is 0.456 e. The first-order valence-electron chi connectivity index (χ1n) is 6.70. The lowest BCUT2D eigenvalue weighted by Gasteiger charge is -2.11. The molecule has 3 aromatic rings. The maximum absolute atomic E-state index is 13.6. The number of pyridine rings is 1. The van der Waals surface area contributed by atoms with Crippen molar-refractivity contribution in [2.24, 2.45) is 5.73 Å². The molecular weight excluding hydrogens is 267 g/mol. The summed E-state index contributed by atoms with van der Waals surface area (Å²) < 4.78 is 19.5. The zero-order chi connectivity index (χ0) is 14.8. The zero-order valence-electron chi connectivity index (χ0n) is 11.6. The van der Waals surface area contributed by atoms with E-state index in [4.69, 9.17) is 10.5 Å². The fourth-order valence-electron chi connectivity index (χ4n) is 2.15. The van der Waals surface area contributed by atoms with Crippen LogP contribution in [0.3, 0.4) is 0 Å². The molecule has 0 spiro atoms. The van der Waals surface area contributed by atoms with E-state index < -0.39 is 0 Å². The van der Waals surface area contributed by atoms with Crippen LogP contribution in [0.4, 0.5) is 4.39 Å². The molecule has 106 valence electrons. The maximum atomic E-state index is 13.6. The Balaban J connectivity index is 2.08. The molecule has 4 heteroatoms. The van der Waals surface area contributed by atoms with Crippen molar-refractivity contribution >= 4 is 10.9 Å². The summed E-state index contributed by atoms with van der Waals surface area (Å²) in [4.78, 5) is 4.45. The SMILES string of the molecule is Cc1ccc(Oc2cc(CN)nc3ccccc23)cc1F. The smallest absolute Gasteiger partial charge is 0.138 e. The number of aromatic nitrogens is 1. The molecule has 0 saturated carbocycles. The molecular formula is C17H15FN2O. The predicted molar refractivity (Wildman–Crippen MR) is 80.8 cm³/mol. The minimum absolute atomic E-state index is 0.287. The van der Waals surface area contributed by atoms with Crippen LogP contribution in [-0.4, -0.2) is 4.98 Å². The quantitative estimate of drug-likeness (QED) is 0.791. The number of para-hydroxylation sites is 1. The molecule has 0 aliphatic carbocycles. The number of ether oxygens (including phenoxy) is 1. The minimum atomic E-state index is -0.287. The molecule has 1 heterocycles. The Hall–Kier alpha value is -2.46. The third-order valence-corrected chi connectivity index (χ3v) is 3.31. The molecule has 3 rings (SSSR count). The van der Waals surface area contributed by atoms with Crippen LogP contribution < -0.4 is 10.5 Å². The average molecular weight is 282 g/mol. The van der Waals surface area contributed by atoms with Gasteiger partial charge in [0.05, 0.1) is 11.2 Å². The highest BCUT2D eigenvalue weighted by atomic mass is 19.1. The van der Waals surface area contributed by atoms with Gasteiger partial charge in [0.1, 0.15) is 17.3 Å². The van der Waals surface area contributed by atoms with Gasteiger partial charge in [-0.2, -0.15) is 0 Å². The Morgan fingerprint density at radius 2 is 1.95 bits per heavy atom. The second-order valence-corrected chi connectivity index (χ2v) is 4.85. The fraction of sp³-hybridized carbons (Fsp3) is 0.118. The predicted octanol–water partition coefficient (Wildman–Crippen LogP) is 3.93. The van der Waals surface area contributed by atoms with Crippen molar-refractivity contribution in [3.8, 4) is 11.5 Å². The average Bonchev–Trinajstić information content (AvgIpc) is 2.51. The van der Waals surface area contributed by atoms with Gasteiger partial charge >= 0.3 is 0 Å². The van der Waals surface area contributed by atoms with Crippen molar-refractivity contribution in [3.05, 3.63) is 65.6 Å². The molecule has 2 aromatic carbocycles. The molecule has 0 unspecified atom stereocenters. The molecule has 1 aromatic heterocycles. The van der Waals surface area contributed by atoms with Gasteiger partial charge in [0.15, 0.2) is 0 Å². The van der Waals surface area contributed by atoms with Crippen LogP contribution in [0.15, 0.2) is 48.5 Å². The molecule has 0 atom stereocenters. The van der Waals surface area contributed by atoms with Crippen LogP contribution >= 0.6 is 0 Å². The fourth-order valence-corrected chi connectivity index (χ4v) is 2.15. The molecule has 0 aliphatic heterocycles. The van der Waals surface area contributed by atoms with E-state index in [1.54, 1.807) is 25.1 Å². The number of benzene rings is 2. The van der Waals surface area contributed by atoms with E-state index in [1.807, 2.05) is 24.3 Å². The van der Waals surface area contributed by atoms with Crippen LogP contribution in [0.1, 0.15) is 11.3 Å². The standard InChI is InChI=1S/C17H15FN2O/c1-11-6-7-13(9-15(11)18)21-17-8-12(10-19)20-16-5-3-2-4-14(16)17/h2-9H,10,19H2,1H3. The number of nitrogens with zero attached hydrogens (tertiary/aromatic N) is 1. The molecule has 3 nitrogen and oxygen atoms in total. The highest BCUT2D eigenvalue weighted by molar-refractivity contribution is 5.85. The van der Waals surface area contributed by atoms with Crippen molar-refractivity contribution in [1.82, 2.24) is 4.98 Å².